The third kappa shape index (κ3) is 3.55. The molecule has 1 fully saturated rings. The molecule has 0 unspecified atom stereocenters. The topological polar surface area (TPSA) is 102 Å². The summed E-state index contributed by atoms with van der Waals surface area (Å²) in [6.07, 6.45) is 5.35. The number of nitrogens with one attached hydrogen (secondary N) is 1. The zero-order valence-electron chi connectivity index (χ0n) is 15.3. The van der Waals surface area contributed by atoms with Crippen LogP contribution in [0.4, 0.5) is 17.6 Å². The van der Waals surface area contributed by atoms with Crippen LogP contribution in [0.15, 0.2) is 18.6 Å². The largest absolute Gasteiger partial charge is 0.384 e. The number of fused-ring (bicyclic) bond motifs is 1. The van der Waals surface area contributed by atoms with Gasteiger partial charge >= 0.3 is 0 Å². The molecule has 2 aromatic rings. The smallest absolute Gasteiger partial charge is 0.225 e. The standard InChI is InChI=1S/C18H25N7O/c1-18(2)8-13(23-16-7-15(19)21-11-22-16)12-10-20-17(24-14(12)9-18)25-3-5-26-6-4-25/h7,10-11,13H,3-6,8-9H2,1-2H3,(H3,19,21,22,23)/t13-/m1/s1. The summed E-state index contributed by atoms with van der Waals surface area (Å²) in [5.41, 5.74) is 8.17. The molecule has 0 aromatic carbocycles. The van der Waals surface area contributed by atoms with E-state index in [1.807, 2.05) is 6.20 Å². The van der Waals surface area contributed by atoms with Crippen LogP contribution in [0, 0.1) is 5.41 Å². The zero-order valence-corrected chi connectivity index (χ0v) is 15.3. The quantitative estimate of drug-likeness (QED) is 0.859. The van der Waals surface area contributed by atoms with Crippen LogP contribution in [0.3, 0.4) is 0 Å². The average Bonchev–Trinajstić information content (AvgIpc) is 2.61. The fourth-order valence-electron chi connectivity index (χ4n) is 3.71. The molecule has 138 valence electrons. The monoisotopic (exact) mass is 355 g/mol. The van der Waals surface area contributed by atoms with Crippen LogP contribution in [-0.4, -0.2) is 46.2 Å². The Kier molecular flexibility index (Phi) is 4.36. The van der Waals surface area contributed by atoms with Crippen LogP contribution in [-0.2, 0) is 11.2 Å². The molecule has 1 atom stereocenters. The second-order valence-electron chi connectivity index (χ2n) is 7.74. The van der Waals surface area contributed by atoms with Gasteiger partial charge in [-0.1, -0.05) is 13.8 Å². The molecule has 2 aromatic heterocycles. The maximum atomic E-state index is 5.78. The number of nitrogens with two attached hydrogens (primary N) is 1. The molecule has 1 aliphatic heterocycles. The summed E-state index contributed by atoms with van der Waals surface area (Å²) in [4.78, 5) is 20.0. The summed E-state index contributed by atoms with van der Waals surface area (Å²) in [6, 6.07) is 1.85. The Labute approximate surface area is 153 Å². The summed E-state index contributed by atoms with van der Waals surface area (Å²) in [5, 5.41) is 3.49. The summed E-state index contributed by atoms with van der Waals surface area (Å²) in [6.45, 7) is 7.68. The number of anilines is 3. The number of aromatic nitrogens is 4. The van der Waals surface area contributed by atoms with Gasteiger partial charge in [-0.2, -0.15) is 0 Å². The molecule has 0 radical (unpaired) electrons. The van der Waals surface area contributed by atoms with Crippen LogP contribution in [0.25, 0.3) is 0 Å². The van der Waals surface area contributed by atoms with E-state index in [2.05, 4.69) is 39.0 Å². The van der Waals surface area contributed by atoms with Crippen LogP contribution in [0.5, 0.6) is 0 Å². The molecule has 3 N–H and O–H groups in total. The van der Waals surface area contributed by atoms with Crippen LogP contribution >= 0.6 is 0 Å². The van der Waals surface area contributed by atoms with E-state index < -0.39 is 0 Å². The van der Waals surface area contributed by atoms with Crippen LogP contribution in [0.1, 0.15) is 37.6 Å². The molecule has 26 heavy (non-hydrogen) atoms. The van der Waals surface area contributed by atoms with Crippen molar-refractivity contribution in [1.29, 1.82) is 0 Å². The minimum Gasteiger partial charge on any atom is -0.384 e. The van der Waals surface area contributed by atoms with Gasteiger partial charge in [-0.25, -0.2) is 19.9 Å². The lowest BCUT2D eigenvalue weighted by atomic mass is 9.74. The van der Waals surface area contributed by atoms with E-state index in [0.717, 1.165) is 62.2 Å². The Morgan fingerprint density at radius 2 is 2.04 bits per heavy atom. The van der Waals surface area contributed by atoms with E-state index in [9.17, 15) is 0 Å². The van der Waals surface area contributed by atoms with E-state index in [-0.39, 0.29) is 11.5 Å². The zero-order chi connectivity index (χ0) is 18.1. The van der Waals surface area contributed by atoms with Crippen molar-refractivity contribution >= 4 is 17.6 Å². The summed E-state index contributed by atoms with van der Waals surface area (Å²) < 4.78 is 5.43. The maximum absolute atomic E-state index is 5.78. The highest BCUT2D eigenvalue weighted by Gasteiger charge is 2.34. The molecule has 1 saturated heterocycles. The van der Waals surface area contributed by atoms with E-state index in [1.165, 1.54) is 6.33 Å². The van der Waals surface area contributed by atoms with Gasteiger partial charge in [0.15, 0.2) is 0 Å². The molecule has 1 aliphatic carbocycles. The highest BCUT2D eigenvalue weighted by molar-refractivity contribution is 5.47. The molecule has 0 spiro atoms. The van der Waals surface area contributed by atoms with Gasteiger partial charge in [0.2, 0.25) is 5.95 Å². The predicted molar refractivity (Wildman–Crippen MR) is 100.0 cm³/mol. The maximum Gasteiger partial charge on any atom is 0.225 e. The number of morpholine rings is 1. The molecule has 4 rings (SSSR count). The first-order valence-electron chi connectivity index (χ1n) is 9.03. The lowest BCUT2D eigenvalue weighted by molar-refractivity contribution is 0.122. The van der Waals surface area contributed by atoms with Crippen molar-refractivity contribution in [2.75, 3.05) is 42.3 Å². The molecule has 3 heterocycles. The summed E-state index contributed by atoms with van der Waals surface area (Å²) in [7, 11) is 0. The first-order chi connectivity index (χ1) is 12.5. The number of hydrogen-bond acceptors (Lipinski definition) is 8. The number of nitrogens with zero attached hydrogens (tertiary/aromatic N) is 5. The molecule has 0 saturated carbocycles. The van der Waals surface area contributed by atoms with Crippen molar-refractivity contribution in [1.82, 2.24) is 19.9 Å². The van der Waals surface area contributed by atoms with Gasteiger partial charge in [-0.15, -0.1) is 0 Å². The van der Waals surface area contributed by atoms with Gasteiger partial charge in [0, 0.05) is 30.9 Å². The molecular weight excluding hydrogens is 330 g/mol. The molecule has 8 nitrogen and oxygen atoms in total. The lowest BCUT2D eigenvalue weighted by Gasteiger charge is -2.37. The molecule has 2 aliphatic rings. The fourth-order valence-corrected chi connectivity index (χ4v) is 3.71. The van der Waals surface area contributed by atoms with Crippen molar-refractivity contribution in [2.45, 2.75) is 32.7 Å². The first-order valence-corrected chi connectivity index (χ1v) is 9.03. The van der Waals surface area contributed by atoms with Crippen molar-refractivity contribution in [2.24, 2.45) is 5.41 Å². The highest BCUT2D eigenvalue weighted by Crippen LogP contribution is 2.41. The van der Waals surface area contributed by atoms with E-state index >= 15 is 0 Å². The SMILES string of the molecule is CC1(C)Cc2nc(N3CCOCC3)ncc2[C@H](Nc2cc(N)ncn2)C1. The average molecular weight is 355 g/mol. The Morgan fingerprint density at radius 3 is 2.81 bits per heavy atom. The van der Waals surface area contributed by atoms with Crippen molar-refractivity contribution < 1.29 is 4.74 Å². The number of ether oxygens (including phenoxy) is 1. The van der Waals surface area contributed by atoms with E-state index in [1.54, 1.807) is 6.07 Å². The van der Waals surface area contributed by atoms with Gasteiger partial charge < -0.3 is 20.7 Å². The Balaban J connectivity index is 1.63. The number of nitrogen functional groups attached to an aromatic ring is 1. The van der Waals surface area contributed by atoms with E-state index in [0.29, 0.717) is 5.82 Å². The normalized spacial score (nSPS) is 21.9. The third-order valence-corrected chi connectivity index (χ3v) is 4.97. The van der Waals surface area contributed by atoms with Gasteiger partial charge in [-0.3, -0.25) is 0 Å². The Hall–Kier alpha value is -2.48. The van der Waals surface area contributed by atoms with Crippen LogP contribution in [0.2, 0.25) is 0 Å². The molecular formula is C18H25N7O. The van der Waals surface area contributed by atoms with Gasteiger partial charge in [0.25, 0.3) is 0 Å². The fraction of sp³-hybridized carbons (Fsp3) is 0.556. The summed E-state index contributed by atoms with van der Waals surface area (Å²) >= 11 is 0. The Bertz CT molecular complexity index is 789. The first kappa shape index (κ1) is 17.0. The van der Waals surface area contributed by atoms with Gasteiger partial charge in [0.1, 0.15) is 18.0 Å². The van der Waals surface area contributed by atoms with E-state index in [4.69, 9.17) is 15.5 Å². The lowest BCUT2D eigenvalue weighted by Crippen LogP contribution is -2.38. The highest BCUT2D eigenvalue weighted by atomic mass is 16.5. The summed E-state index contributed by atoms with van der Waals surface area (Å²) in [5.74, 6) is 1.98. The van der Waals surface area contributed by atoms with Crippen LogP contribution < -0.4 is 16.0 Å². The minimum absolute atomic E-state index is 0.0989. The third-order valence-electron chi connectivity index (χ3n) is 4.97. The predicted octanol–water partition coefficient (Wildman–Crippen LogP) is 1.81. The van der Waals surface area contributed by atoms with Crippen molar-refractivity contribution in [3.05, 3.63) is 29.8 Å². The van der Waals surface area contributed by atoms with Crippen molar-refractivity contribution in [3.63, 3.8) is 0 Å². The second-order valence-corrected chi connectivity index (χ2v) is 7.74. The molecule has 0 bridgehead atoms. The molecule has 8 heteroatoms. The molecule has 0 amide bonds. The number of rotatable bonds is 3. The van der Waals surface area contributed by atoms with Gasteiger partial charge in [-0.05, 0) is 18.3 Å². The minimum atomic E-state index is 0.0989. The van der Waals surface area contributed by atoms with Gasteiger partial charge in [0.05, 0.1) is 24.9 Å². The van der Waals surface area contributed by atoms with Crippen molar-refractivity contribution in [3.8, 4) is 0 Å². The second kappa shape index (κ2) is 6.68. The Morgan fingerprint density at radius 1 is 1.23 bits per heavy atom. The number of hydrogen-bond donors (Lipinski definition) is 2.